The molecule has 0 aliphatic carbocycles. The molecule has 96 valence electrons. The number of nitriles is 1. The number of benzene rings is 1. The van der Waals surface area contributed by atoms with Crippen molar-refractivity contribution >= 4 is 15.8 Å². The van der Waals surface area contributed by atoms with Crippen LogP contribution in [0.3, 0.4) is 0 Å². The van der Waals surface area contributed by atoms with Gasteiger partial charge in [-0.1, -0.05) is 12.1 Å². The predicted molar refractivity (Wildman–Crippen MR) is 66.5 cm³/mol. The minimum Gasteiger partial charge on any atom is -0.295 e. The van der Waals surface area contributed by atoms with Crippen LogP contribution in [0.2, 0.25) is 0 Å². The minimum atomic E-state index is -3.69. The highest BCUT2D eigenvalue weighted by atomic mass is 32.2. The van der Waals surface area contributed by atoms with Crippen LogP contribution in [-0.2, 0) is 10.0 Å². The number of rotatable bonds is 4. The monoisotopic (exact) mass is 266 g/mol. The molecule has 5 nitrogen and oxygen atoms in total. The first-order valence-corrected chi connectivity index (χ1v) is 6.73. The number of hydrogen-bond donors (Lipinski definition) is 0. The highest BCUT2D eigenvalue weighted by molar-refractivity contribution is 7.89. The maximum absolute atomic E-state index is 12.1. The molecule has 0 aromatic heterocycles. The van der Waals surface area contributed by atoms with Crippen LogP contribution in [0, 0.1) is 11.3 Å². The second kappa shape index (κ2) is 5.29. The molecule has 0 aliphatic heterocycles. The number of carbonyl (C=O) groups is 1. The van der Waals surface area contributed by atoms with Gasteiger partial charge in [0.2, 0.25) is 10.0 Å². The van der Waals surface area contributed by atoms with Gasteiger partial charge in [-0.15, -0.1) is 0 Å². The minimum absolute atomic E-state index is 0.0668. The lowest BCUT2D eigenvalue weighted by Gasteiger charge is -2.19. The molecule has 1 unspecified atom stereocenters. The molecule has 0 N–H and O–H groups in total. The highest BCUT2D eigenvalue weighted by Gasteiger charge is 2.25. The van der Waals surface area contributed by atoms with Gasteiger partial charge >= 0.3 is 0 Å². The van der Waals surface area contributed by atoms with E-state index in [4.69, 9.17) is 5.26 Å². The van der Waals surface area contributed by atoms with Crippen LogP contribution in [0.1, 0.15) is 24.2 Å². The first kappa shape index (κ1) is 14.4. The van der Waals surface area contributed by atoms with Crippen molar-refractivity contribution in [3.63, 3.8) is 0 Å². The zero-order valence-corrected chi connectivity index (χ0v) is 11.2. The van der Waals surface area contributed by atoms with Gasteiger partial charge in [-0.3, -0.25) is 4.79 Å². The Morgan fingerprint density at radius 1 is 1.33 bits per heavy atom. The fourth-order valence-electron chi connectivity index (χ4n) is 1.32. The Bertz CT molecular complexity index is 585. The zero-order valence-electron chi connectivity index (χ0n) is 10.4. The first-order valence-electron chi connectivity index (χ1n) is 5.29. The van der Waals surface area contributed by atoms with Crippen LogP contribution in [0.5, 0.6) is 0 Å². The van der Waals surface area contributed by atoms with Gasteiger partial charge in [0.05, 0.1) is 11.0 Å². The quantitative estimate of drug-likeness (QED) is 0.772. The summed E-state index contributed by atoms with van der Waals surface area (Å²) >= 11 is 0. The molecule has 0 radical (unpaired) electrons. The molecule has 0 amide bonds. The Morgan fingerprint density at radius 3 is 2.22 bits per heavy atom. The van der Waals surface area contributed by atoms with Gasteiger partial charge in [0, 0.05) is 12.6 Å². The molecule has 0 fully saturated rings. The summed E-state index contributed by atoms with van der Waals surface area (Å²) < 4.78 is 25.2. The molecule has 0 aliphatic rings. The first-order chi connectivity index (χ1) is 8.30. The van der Waals surface area contributed by atoms with Gasteiger partial charge < -0.3 is 0 Å². The summed E-state index contributed by atoms with van der Waals surface area (Å²) in [5.74, 6) is -0.127. The lowest BCUT2D eigenvalue weighted by molar-refractivity contribution is 0.101. The normalized spacial score (nSPS) is 13.1. The van der Waals surface area contributed by atoms with Crippen LogP contribution in [0.4, 0.5) is 0 Å². The Balaban J connectivity index is 3.14. The van der Waals surface area contributed by atoms with E-state index in [0.29, 0.717) is 5.56 Å². The average Bonchev–Trinajstić information content (AvgIpc) is 2.36. The topological polar surface area (TPSA) is 78.2 Å². The fraction of sp³-hybridized carbons (Fsp3) is 0.333. The number of Topliss-reactive ketones (excluding diaryl/α,β-unsaturated/α-hetero) is 1. The van der Waals surface area contributed by atoms with Crippen molar-refractivity contribution in [3.8, 4) is 6.07 Å². The maximum atomic E-state index is 12.1. The van der Waals surface area contributed by atoms with E-state index in [1.165, 1.54) is 45.2 Å². The summed E-state index contributed by atoms with van der Waals surface area (Å²) in [5.41, 5.74) is 0.449. The van der Waals surface area contributed by atoms with Crippen LogP contribution >= 0.6 is 0 Å². The predicted octanol–water partition coefficient (Wildman–Crippen LogP) is 1.42. The summed E-state index contributed by atoms with van der Waals surface area (Å²) in [6, 6.07) is 6.77. The summed E-state index contributed by atoms with van der Waals surface area (Å²) in [6.07, 6.45) is 0. The van der Waals surface area contributed by atoms with E-state index >= 15 is 0 Å². The molecule has 1 aromatic rings. The molecular weight excluding hydrogens is 252 g/mol. The van der Waals surface area contributed by atoms with Crippen molar-refractivity contribution in [1.29, 1.82) is 5.26 Å². The third kappa shape index (κ3) is 2.75. The van der Waals surface area contributed by atoms with Crippen LogP contribution in [0.25, 0.3) is 0 Å². The second-order valence-electron chi connectivity index (χ2n) is 3.91. The number of hydrogen-bond acceptors (Lipinski definition) is 4. The Kier molecular flexibility index (Phi) is 4.22. The number of ketones is 1. The van der Waals surface area contributed by atoms with Crippen LogP contribution < -0.4 is 0 Å². The van der Waals surface area contributed by atoms with Gasteiger partial charge in [0.15, 0.2) is 5.78 Å². The van der Waals surface area contributed by atoms with Crippen LogP contribution in [-0.4, -0.2) is 31.6 Å². The lowest BCUT2D eigenvalue weighted by Crippen LogP contribution is -2.34. The highest BCUT2D eigenvalue weighted by Crippen LogP contribution is 2.17. The van der Waals surface area contributed by atoms with Crippen molar-refractivity contribution < 1.29 is 13.2 Å². The third-order valence-corrected chi connectivity index (χ3v) is 4.61. The molecule has 0 saturated carbocycles. The van der Waals surface area contributed by atoms with E-state index < -0.39 is 16.1 Å². The molecule has 1 rings (SSSR count). The van der Waals surface area contributed by atoms with Gasteiger partial charge in [-0.05, 0) is 26.0 Å². The smallest absolute Gasteiger partial charge is 0.243 e. The maximum Gasteiger partial charge on any atom is 0.243 e. The Morgan fingerprint density at radius 2 is 1.83 bits per heavy atom. The molecule has 0 heterocycles. The van der Waals surface area contributed by atoms with Crippen molar-refractivity contribution in [2.75, 3.05) is 7.05 Å². The molecule has 0 saturated heterocycles. The van der Waals surface area contributed by atoms with Gasteiger partial charge in [-0.25, -0.2) is 8.42 Å². The van der Waals surface area contributed by atoms with Crippen molar-refractivity contribution in [2.45, 2.75) is 24.8 Å². The molecule has 6 heteroatoms. The van der Waals surface area contributed by atoms with Gasteiger partial charge in [-0.2, -0.15) is 9.57 Å². The van der Waals surface area contributed by atoms with E-state index in [0.717, 1.165) is 4.31 Å². The van der Waals surface area contributed by atoms with Crippen molar-refractivity contribution in [3.05, 3.63) is 29.8 Å². The average molecular weight is 266 g/mol. The summed E-state index contributed by atoms with van der Waals surface area (Å²) in [4.78, 5) is 11.2. The Labute approximate surface area is 107 Å². The van der Waals surface area contributed by atoms with E-state index in [1.54, 1.807) is 0 Å². The van der Waals surface area contributed by atoms with E-state index in [-0.39, 0.29) is 10.7 Å². The second-order valence-corrected chi connectivity index (χ2v) is 5.90. The van der Waals surface area contributed by atoms with Crippen molar-refractivity contribution in [1.82, 2.24) is 4.31 Å². The summed E-state index contributed by atoms with van der Waals surface area (Å²) in [5, 5.41) is 8.73. The molecule has 0 bridgehead atoms. The Hall–Kier alpha value is -1.71. The number of sulfonamides is 1. The van der Waals surface area contributed by atoms with E-state index in [2.05, 4.69) is 0 Å². The molecule has 1 aromatic carbocycles. The fourth-order valence-corrected chi connectivity index (χ4v) is 2.59. The molecule has 1 atom stereocenters. The standard InChI is InChI=1S/C12H14N2O3S/c1-9(8-13)14(3)18(16,17)12-6-4-11(5-7-12)10(2)15/h4-7,9H,1-3H3. The van der Waals surface area contributed by atoms with Crippen LogP contribution in [0.15, 0.2) is 29.2 Å². The van der Waals surface area contributed by atoms with Crippen molar-refractivity contribution in [2.24, 2.45) is 0 Å². The third-order valence-electron chi connectivity index (χ3n) is 2.67. The van der Waals surface area contributed by atoms with Gasteiger partial charge in [0.25, 0.3) is 0 Å². The zero-order chi connectivity index (χ0) is 13.9. The summed E-state index contributed by atoms with van der Waals surface area (Å²) in [6.45, 7) is 2.91. The van der Waals surface area contributed by atoms with E-state index in [1.807, 2.05) is 6.07 Å². The van der Waals surface area contributed by atoms with Gasteiger partial charge in [0.1, 0.15) is 6.04 Å². The molecule has 0 spiro atoms. The van der Waals surface area contributed by atoms with E-state index in [9.17, 15) is 13.2 Å². The summed E-state index contributed by atoms with van der Waals surface area (Å²) in [7, 11) is -2.34. The molecular formula is C12H14N2O3S. The molecule has 18 heavy (non-hydrogen) atoms. The number of nitrogens with zero attached hydrogens (tertiary/aromatic N) is 2. The largest absolute Gasteiger partial charge is 0.295 e. The SMILES string of the molecule is CC(=O)c1ccc(S(=O)(=O)N(C)C(C)C#N)cc1. The number of carbonyl (C=O) groups excluding carboxylic acids is 1. The lowest BCUT2D eigenvalue weighted by atomic mass is 10.2.